The molecule has 1 atom stereocenters. The Bertz CT molecular complexity index is 213. The van der Waals surface area contributed by atoms with Gasteiger partial charge in [0.1, 0.15) is 11.7 Å². The van der Waals surface area contributed by atoms with E-state index in [1.807, 2.05) is 6.92 Å². The first-order chi connectivity index (χ1) is 7.67. The number of Topliss-reactive ketones (excluding diaryl/α,β-unsaturated/α-hetero) is 1. The van der Waals surface area contributed by atoms with Crippen molar-refractivity contribution in [3.05, 3.63) is 0 Å². The van der Waals surface area contributed by atoms with Crippen LogP contribution in [0, 0.1) is 5.92 Å². The van der Waals surface area contributed by atoms with Gasteiger partial charge in [0.2, 0.25) is 0 Å². The van der Waals surface area contributed by atoms with Gasteiger partial charge in [-0.1, -0.05) is 19.8 Å². The van der Waals surface area contributed by atoms with Crippen LogP contribution in [-0.2, 0) is 19.1 Å². The maximum absolute atomic E-state index is 11.8. The second kappa shape index (κ2) is 9.33. The summed E-state index contributed by atoms with van der Waals surface area (Å²) in [5.74, 6) is -1.02. The predicted molar refractivity (Wildman–Crippen MR) is 61.1 cm³/mol. The van der Waals surface area contributed by atoms with E-state index in [-0.39, 0.29) is 5.78 Å². The van der Waals surface area contributed by atoms with Crippen LogP contribution >= 0.6 is 0 Å². The molecule has 0 radical (unpaired) electrons. The van der Waals surface area contributed by atoms with Crippen LogP contribution in [0.4, 0.5) is 0 Å². The summed E-state index contributed by atoms with van der Waals surface area (Å²) < 4.78 is 9.52. The summed E-state index contributed by atoms with van der Waals surface area (Å²) in [7, 11) is 2.92. The lowest BCUT2D eigenvalue weighted by atomic mass is 9.95. The fourth-order valence-corrected chi connectivity index (χ4v) is 1.53. The van der Waals surface area contributed by atoms with Crippen LogP contribution in [0.1, 0.15) is 39.0 Å². The molecule has 4 heteroatoms. The summed E-state index contributed by atoms with van der Waals surface area (Å²) in [4.78, 5) is 23.2. The van der Waals surface area contributed by atoms with E-state index in [1.54, 1.807) is 7.11 Å². The largest absolute Gasteiger partial charge is 0.468 e. The van der Waals surface area contributed by atoms with E-state index in [0.717, 1.165) is 12.8 Å². The second-order valence-electron chi connectivity index (χ2n) is 3.78. The third-order valence-corrected chi connectivity index (χ3v) is 2.49. The Balaban J connectivity index is 4.15. The summed E-state index contributed by atoms with van der Waals surface area (Å²) in [5, 5.41) is 0. The Morgan fingerprint density at radius 2 is 1.88 bits per heavy atom. The molecule has 0 rings (SSSR count). The highest BCUT2D eigenvalue weighted by atomic mass is 16.5. The first kappa shape index (κ1) is 15.1. The van der Waals surface area contributed by atoms with E-state index in [9.17, 15) is 9.59 Å². The lowest BCUT2D eigenvalue weighted by molar-refractivity contribution is -0.149. The quantitative estimate of drug-likeness (QED) is 0.345. The molecule has 0 heterocycles. The predicted octanol–water partition coefficient (Wildman–Crippen LogP) is 1.96. The standard InChI is InChI=1S/C12H22O4/c1-4-5-7-10(12(14)16-3)11(13)8-6-9-15-2/h10H,4-9H2,1-3H3. The van der Waals surface area contributed by atoms with E-state index in [1.165, 1.54) is 7.11 Å². The number of hydrogen-bond donors (Lipinski definition) is 0. The maximum atomic E-state index is 11.8. The molecule has 0 saturated carbocycles. The number of carbonyl (C=O) groups excluding carboxylic acids is 2. The van der Waals surface area contributed by atoms with Gasteiger partial charge in [-0.25, -0.2) is 0 Å². The van der Waals surface area contributed by atoms with Gasteiger partial charge in [0.05, 0.1) is 7.11 Å². The van der Waals surface area contributed by atoms with Gasteiger partial charge in [-0.3, -0.25) is 9.59 Å². The Kier molecular flexibility index (Phi) is 8.81. The van der Waals surface area contributed by atoms with Gasteiger partial charge in [-0.05, 0) is 12.8 Å². The SMILES string of the molecule is CCCCC(C(=O)CCCOC)C(=O)OC. The zero-order chi connectivity index (χ0) is 12.4. The molecule has 0 aliphatic rings. The molecule has 0 aliphatic carbocycles. The summed E-state index contributed by atoms with van der Waals surface area (Å²) in [6.07, 6.45) is 3.48. The van der Waals surface area contributed by atoms with Crippen molar-refractivity contribution >= 4 is 11.8 Å². The van der Waals surface area contributed by atoms with Crippen LogP contribution in [0.2, 0.25) is 0 Å². The average molecular weight is 230 g/mol. The third-order valence-electron chi connectivity index (χ3n) is 2.49. The van der Waals surface area contributed by atoms with Crippen molar-refractivity contribution in [2.45, 2.75) is 39.0 Å². The van der Waals surface area contributed by atoms with Gasteiger partial charge in [0.15, 0.2) is 0 Å². The molecule has 16 heavy (non-hydrogen) atoms. The molecule has 1 unspecified atom stereocenters. The topological polar surface area (TPSA) is 52.6 Å². The Hall–Kier alpha value is -0.900. The molecule has 0 bridgehead atoms. The van der Waals surface area contributed by atoms with Gasteiger partial charge in [-0.2, -0.15) is 0 Å². The molecule has 0 saturated heterocycles. The van der Waals surface area contributed by atoms with Crippen LogP contribution in [0.3, 0.4) is 0 Å². The van der Waals surface area contributed by atoms with Crippen LogP contribution in [0.15, 0.2) is 0 Å². The van der Waals surface area contributed by atoms with Gasteiger partial charge in [0.25, 0.3) is 0 Å². The molecule has 94 valence electrons. The van der Waals surface area contributed by atoms with Crippen molar-refractivity contribution in [2.75, 3.05) is 20.8 Å². The molecule has 0 spiro atoms. The van der Waals surface area contributed by atoms with Crippen molar-refractivity contribution in [3.63, 3.8) is 0 Å². The van der Waals surface area contributed by atoms with E-state index in [4.69, 9.17) is 4.74 Å². The van der Waals surface area contributed by atoms with Gasteiger partial charge in [-0.15, -0.1) is 0 Å². The Morgan fingerprint density at radius 3 is 2.38 bits per heavy atom. The molecule has 0 aromatic heterocycles. The third kappa shape index (κ3) is 5.85. The summed E-state index contributed by atoms with van der Waals surface area (Å²) in [6, 6.07) is 0. The number of ketones is 1. The highest BCUT2D eigenvalue weighted by molar-refractivity contribution is 5.98. The number of carbonyl (C=O) groups is 2. The average Bonchev–Trinajstić information content (AvgIpc) is 2.29. The summed E-state index contributed by atoms with van der Waals surface area (Å²) >= 11 is 0. The van der Waals surface area contributed by atoms with E-state index >= 15 is 0 Å². The molecular weight excluding hydrogens is 208 g/mol. The van der Waals surface area contributed by atoms with Gasteiger partial charge in [0, 0.05) is 20.1 Å². The summed E-state index contributed by atoms with van der Waals surface area (Å²) in [5.41, 5.74) is 0. The highest BCUT2D eigenvalue weighted by Crippen LogP contribution is 2.14. The molecule has 4 nitrogen and oxygen atoms in total. The fourth-order valence-electron chi connectivity index (χ4n) is 1.53. The van der Waals surface area contributed by atoms with Gasteiger partial charge < -0.3 is 9.47 Å². The molecular formula is C12H22O4. The molecule has 0 aliphatic heterocycles. The molecule has 0 aromatic carbocycles. The van der Waals surface area contributed by atoms with Crippen LogP contribution in [0.5, 0.6) is 0 Å². The van der Waals surface area contributed by atoms with Crippen molar-refractivity contribution in [1.82, 2.24) is 0 Å². The molecule has 0 amide bonds. The van der Waals surface area contributed by atoms with E-state index < -0.39 is 11.9 Å². The van der Waals surface area contributed by atoms with E-state index in [0.29, 0.717) is 25.9 Å². The minimum absolute atomic E-state index is 0.0302. The lowest BCUT2D eigenvalue weighted by Gasteiger charge is -2.12. The van der Waals surface area contributed by atoms with Gasteiger partial charge >= 0.3 is 5.97 Å². The number of esters is 1. The van der Waals surface area contributed by atoms with Crippen molar-refractivity contribution in [1.29, 1.82) is 0 Å². The van der Waals surface area contributed by atoms with Crippen LogP contribution in [0.25, 0.3) is 0 Å². The lowest BCUT2D eigenvalue weighted by Crippen LogP contribution is -2.25. The number of rotatable bonds is 9. The van der Waals surface area contributed by atoms with Crippen molar-refractivity contribution in [2.24, 2.45) is 5.92 Å². The molecule has 0 fully saturated rings. The number of methoxy groups -OCH3 is 2. The minimum Gasteiger partial charge on any atom is -0.468 e. The summed E-state index contributed by atoms with van der Waals surface area (Å²) in [6.45, 7) is 2.58. The zero-order valence-electron chi connectivity index (χ0n) is 10.5. The first-order valence-corrected chi connectivity index (χ1v) is 5.76. The number of hydrogen-bond acceptors (Lipinski definition) is 4. The fraction of sp³-hybridized carbons (Fsp3) is 0.833. The second-order valence-corrected chi connectivity index (χ2v) is 3.78. The monoisotopic (exact) mass is 230 g/mol. The van der Waals surface area contributed by atoms with Crippen molar-refractivity contribution < 1.29 is 19.1 Å². The molecule has 0 N–H and O–H groups in total. The Labute approximate surface area is 97.3 Å². The van der Waals surface area contributed by atoms with Crippen molar-refractivity contribution in [3.8, 4) is 0 Å². The smallest absolute Gasteiger partial charge is 0.316 e. The van der Waals surface area contributed by atoms with Crippen LogP contribution in [-0.4, -0.2) is 32.6 Å². The molecule has 0 aromatic rings. The maximum Gasteiger partial charge on any atom is 0.316 e. The van der Waals surface area contributed by atoms with E-state index in [2.05, 4.69) is 4.74 Å². The zero-order valence-corrected chi connectivity index (χ0v) is 10.5. The minimum atomic E-state index is -0.582. The normalized spacial score (nSPS) is 12.2. The Morgan fingerprint density at radius 1 is 1.19 bits per heavy atom. The number of ether oxygens (including phenoxy) is 2. The first-order valence-electron chi connectivity index (χ1n) is 5.76. The highest BCUT2D eigenvalue weighted by Gasteiger charge is 2.25. The number of unbranched alkanes of at least 4 members (excludes halogenated alkanes) is 1. The van der Waals surface area contributed by atoms with Crippen LogP contribution < -0.4 is 0 Å².